The largest absolute Gasteiger partial charge is 0.332 e. The molecule has 3 N–H and O–H groups in total. The Morgan fingerprint density at radius 3 is 2.25 bits per heavy atom. The first-order valence-corrected chi connectivity index (χ1v) is 11.6. The van der Waals surface area contributed by atoms with E-state index in [0.717, 1.165) is 21.8 Å². The number of carbonyl (C=O) groups is 2. The van der Waals surface area contributed by atoms with E-state index in [4.69, 9.17) is 23.8 Å². The number of rotatable bonds is 7. The van der Waals surface area contributed by atoms with E-state index in [1.54, 1.807) is 30.3 Å². The van der Waals surface area contributed by atoms with E-state index in [2.05, 4.69) is 16.0 Å². The number of carbonyl (C=O) groups excluding carboxylic acids is 2. The van der Waals surface area contributed by atoms with Crippen LogP contribution in [-0.4, -0.2) is 22.6 Å². The van der Waals surface area contributed by atoms with Crippen LogP contribution < -0.4 is 16.0 Å². The van der Waals surface area contributed by atoms with E-state index in [1.807, 2.05) is 43.3 Å². The molecule has 0 atom stereocenters. The Balaban J connectivity index is 1.51. The molecule has 32 heavy (non-hydrogen) atoms. The average Bonchev–Trinajstić information content (AvgIpc) is 2.75. The summed E-state index contributed by atoms with van der Waals surface area (Å²) in [7, 11) is 0. The predicted molar refractivity (Wildman–Crippen MR) is 138 cm³/mol. The monoisotopic (exact) mass is 483 g/mol. The van der Waals surface area contributed by atoms with Crippen molar-refractivity contribution in [3.63, 3.8) is 0 Å². The second-order valence-electron chi connectivity index (χ2n) is 7.04. The van der Waals surface area contributed by atoms with Crippen molar-refractivity contribution in [2.75, 3.05) is 21.7 Å². The number of benzene rings is 3. The van der Waals surface area contributed by atoms with Crippen LogP contribution in [0.25, 0.3) is 0 Å². The maximum absolute atomic E-state index is 12.3. The SMILES string of the molecule is CC(=O)c1ccc(NC(=S)Nc2cccc(SCC(=O)Nc3ccc(C)c(Cl)c3)c2)cc1. The number of ketones is 1. The average molecular weight is 484 g/mol. The number of hydrogen-bond donors (Lipinski definition) is 3. The van der Waals surface area contributed by atoms with Crippen LogP contribution in [-0.2, 0) is 4.79 Å². The minimum absolute atomic E-state index is 0.0166. The summed E-state index contributed by atoms with van der Waals surface area (Å²) in [6, 6.07) is 20.2. The highest BCUT2D eigenvalue weighted by Crippen LogP contribution is 2.23. The maximum Gasteiger partial charge on any atom is 0.234 e. The number of hydrogen-bond acceptors (Lipinski definition) is 4. The maximum atomic E-state index is 12.3. The first kappa shape index (κ1) is 23.8. The second kappa shape index (κ2) is 11.1. The van der Waals surface area contributed by atoms with Crippen molar-refractivity contribution in [3.05, 3.63) is 82.9 Å². The Morgan fingerprint density at radius 2 is 1.56 bits per heavy atom. The smallest absolute Gasteiger partial charge is 0.234 e. The van der Waals surface area contributed by atoms with Gasteiger partial charge < -0.3 is 16.0 Å². The van der Waals surface area contributed by atoms with Crippen LogP contribution in [0, 0.1) is 6.92 Å². The highest BCUT2D eigenvalue weighted by molar-refractivity contribution is 8.00. The lowest BCUT2D eigenvalue weighted by molar-refractivity contribution is -0.113. The third-order valence-corrected chi connectivity index (χ3v) is 6.07. The zero-order chi connectivity index (χ0) is 23.1. The fraction of sp³-hybridized carbons (Fsp3) is 0.125. The van der Waals surface area contributed by atoms with Crippen LogP contribution >= 0.6 is 35.6 Å². The van der Waals surface area contributed by atoms with E-state index in [0.29, 0.717) is 21.4 Å². The fourth-order valence-electron chi connectivity index (χ4n) is 2.76. The van der Waals surface area contributed by atoms with Gasteiger partial charge in [0.1, 0.15) is 0 Å². The van der Waals surface area contributed by atoms with Crippen LogP contribution in [0.1, 0.15) is 22.8 Å². The summed E-state index contributed by atoms with van der Waals surface area (Å²) in [5.74, 6) is 0.169. The summed E-state index contributed by atoms with van der Waals surface area (Å²) in [6.07, 6.45) is 0. The van der Waals surface area contributed by atoms with Gasteiger partial charge in [0.2, 0.25) is 5.91 Å². The van der Waals surface area contributed by atoms with E-state index in [9.17, 15) is 9.59 Å². The van der Waals surface area contributed by atoms with Gasteiger partial charge in [0.25, 0.3) is 0 Å². The number of nitrogens with one attached hydrogen (secondary N) is 3. The molecule has 0 aliphatic rings. The van der Waals surface area contributed by atoms with Crippen LogP contribution in [0.2, 0.25) is 5.02 Å². The molecule has 3 rings (SSSR count). The molecule has 164 valence electrons. The minimum Gasteiger partial charge on any atom is -0.332 e. The quantitative estimate of drug-likeness (QED) is 0.205. The number of halogens is 1. The van der Waals surface area contributed by atoms with Crippen molar-refractivity contribution in [2.45, 2.75) is 18.7 Å². The molecule has 0 radical (unpaired) electrons. The molecule has 3 aromatic carbocycles. The van der Waals surface area contributed by atoms with Crippen LogP contribution in [0.15, 0.2) is 71.6 Å². The lowest BCUT2D eigenvalue weighted by Gasteiger charge is -2.12. The van der Waals surface area contributed by atoms with Crippen LogP contribution in [0.5, 0.6) is 0 Å². The Labute approximate surface area is 201 Å². The van der Waals surface area contributed by atoms with E-state index in [-0.39, 0.29) is 17.4 Å². The summed E-state index contributed by atoms with van der Waals surface area (Å²) >= 11 is 12.9. The Bertz CT molecular complexity index is 1150. The van der Waals surface area contributed by atoms with Gasteiger partial charge in [-0.3, -0.25) is 9.59 Å². The van der Waals surface area contributed by atoms with Crippen molar-refractivity contribution in [1.29, 1.82) is 0 Å². The van der Waals surface area contributed by atoms with Gasteiger partial charge in [0.15, 0.2) is 10.9 Å². The minimum atomic E-state index is -0.112. The molecule has 0 bridgehead atoms. The number of Topliss-reactive ketones (excluding diaryl/α,β-unsaturated/α-hetero) is 1. The lowest BCUT2D eigenvalue weighted by atomic mass is 10.1. The predicted octanol–water partition coefficient (Wildman–Crippen LogP) is 6.39. The van der Waals surface area contributed by atoms with Gasteiger partial charge >= 0.3 is 0 Å². The molecular weight excluding hydrogens is 462 g/mol. The van der Waals surface area contributed by atoms with E-state index in [1.165, 1.54) is 18.7 Å². The molecule has 0 spiro atoms. The van der Waals surface area contributed by atoms with Gasteiger partial charge in [-0.2, -0.15) is 0 Å². The third kappa shape index (κ3) is 7.09. The summed E-state index contributed by atoms with van der Waals surface area (Å²) in [5.41, 5.74) is 3.87. The zero-order valence-corrected chi connectivity index (χ0v) is 20.0. The summed E-state index contributed by atoms with van der Waals surface area (Å²) < 4.78 is 0. The molecule has 0 heterocycles. The van der Waals surface area contributed by atoms with Gasteiger partial charge in [-0.05, 0) is 86.2 Å². The Morgan fingerprint density at radius 1 is 0.906 bits per heavy atom. The number of thioether (sulfide) groups is 1. The molecule has 0 aromatic heterocycles. The van der Waals surface area contributed by atoms with Crippen LogP contribution in [0.3, 0.4) is 0 Å². The third-order valence-electron chi connectivity index (χ3n) is 4.47. The van der Waals surface area contributed by atoms with Crippen molar-refractivity contribution in [2.24, 2.45) is 0 Å². The van der Waals surface area contributed by atoms with Crippen LogP contribution in [0.4, 0.5) is 17.1 Å². The molecule has 0 saturated carbocycles. The number of anilines is 3. The molecule has 0 saturated heterocycles. The van der Waals surface area contributed by atoms with Gasteiger partial charge in [-0.15, -0.1) is 11.8 Å². The van der Waals surface area contributed by atoms with Gasteiger partial charge in [0, 0.05) is 32.5 Å². The topological polar surface area (TPSA) is 70.2 Å². The molecule has 0 aliphatic heterocycles. The number of thiocarbonyl (C=S) groups is 1. The zero-order valence-electron chi connectivity index (χ0n) is 17.6. The van der Waals surface area contributed by atoms with E-state index >= 15 is 0 Å². The number of aryl methyl sites for hydroxylation is 1. The first-order valence-electron chi connectivity index (χ1n) is 9.78. The second-order valence-corrected chi connectivity index (χ2v) is 8.91. The summed E-state index contributed by atoms with van der Waals surface area (Å²) in [4.78, 5) is 24.6. The van der Waals surface area contributed by atoms with Gasteiger partial charge in [0.05, 0.1) is 5.75 Å². The molecule has 0 unspecified atom stereocenters. The fourth-order valence-corrected chi connectivity index (χ4v) is 3.93. The standard InChI is InChI=1S/C24H22ClN3O2S2/c1-15-6-9-20(13-22(15)25)26-23(30)14-32-21-5-3-4-19(12-21)28-24(31)27-18-10-7-17(8-11-18)16(2)29/h3-13H,14H2,1-2H3,(H,26,30)(H2,27,28,31). The molecular formula is C24H22ClN3O2S2. The molecule has 1 amide bonds. The molecule has 0 aliphatic carbocycles. The van der Waals surface area contributed by atoms with Crippen molar-refractivity contribution in [1.82, 2.24) is 0 Å². The molecule has 5 nitrogen and oxygen atoms in total. The van der Waals surface area contributed by atoms with Gasteiger partial charge in [-0.1, -0.05) is 23.7 Å². The molecule has 0 fully saturated rings. The first-order chi connectivity index (χ1) is 15.3. The summed E-state index contributed by atoms with van der Waals surface area (Å²) in [6.45, 7) is 3.44. The number of amides is 1. The van der Waals surface area contributed by atoms with E-state index < -0.39 is 0 Å². The van der Waals surface area contributed by atoms with Crippen molar-refractivity contribution < 1.29 is 9.59 Å². The van der Waals surface area contributed by atoms with Gasteiger partial charge in [-0.25, -0.2) is 0 Å². The van der Waals surface area contributed by atoms with Crippen molar-refractivity contribution >= 4 is 69.4 Å². The highest BCUT2D eigenvalue weighted by atomic mass is 35.5. The Kier molecular flexibility index (Phi) is 8.27. The lowest BCUT2D eigenvalue weighted by Crippen LogP contribution is -2.19. The molecule has 3 aromatic rings. The molecule has 8 heteroatoms. The highest BCUT2D eigenvalue weighted by Gasteiger charge is 2.07. The Hall–Kier alpha value is -2.87. The summed E-state index contributed by atoms with van der Waals surface area (Å²) in [5, 5.41) is 10.1. The van der Waals surface area contributed by atoms with Crippen molar-refractivity contribution in [3.8, 4) is 0 Å². The normalized spacial score (nSPS) is 10.3.